The normalized spacial score (nSPS) is 10.3. The van der Waals surface area contributed by atoms with Gasteiger partial charge in [0.1, 0.15) is 23.2 Å². The van der Waals surface area contributed by atoms with Crippen LogP contribution >= 0.6 is 0 Å². The molecule has 0 fully saturated rings. The number of hydrogen-bond donors (Lipinski definition) is 1. The Bertz CT molecular complexity index is 1070. The van der Waals surface area contributed by atoms with Crippen LogP contribution in [0.25, 0.3) is 22.3 Å². The highest BCUT2D eigenvalue weighted by Crippen LogP contribution is 2.41. The van der Waals surface area contributed by atoms with Gasteiger partial charge in [0.05, 0.1) is 20.8 Å². The number of aromatic nitrogens is 1. The molecule has 2 N–H and O–H groups in total. The number of nitrogen functional groups attached to an aromatic ring is 1. The minimum Gasteiger partial charge on any atom is -0.497 e. The molecule has 29 heavy (non-hydrogen) atoms. The second-order valence-corrected chi connectivity index (χ2v) is 6.35. The molecule has 1 aromatic heterocycles. The highest BCUT2D eigenvalue weighted by atomic mass is 16.5. The van der Waals surface area contributed by atoms with Crippen LogP contribution in [0.4, 0.5) is 5.82 Å². The van der Waals surface area contributed by atoms with Crippen molar-refractivity contribution in [3.05, 3.63) is 53.7 Å². The molecule has 6 nitrogen and oxygen atoms in total. The van der Waals surface area contributed by atoms with Crippen LogP contribution in [0.5, 0.6) is 17.2 Å². The molecule has 0 radical (unpaired) electrons. The molecule has 0 saturated heterocycles. The van der Waals surface area contributed by atoms with Gasteiger partial charge >= 0.3 is 0 Å². The summed E-state index contributed by atoms with van der Waals surface area (Å²) in [5.41, 5.74) is 10.4. The standard InChI is InChI=1S/C23H23N3O3/c1-5-29-19-11-8-16(12-20(19)28-4)22-18(13-24)23(25)26-14(2)21(22)15-6-9-17(27-3)10-7-15/h6-12H,5H2,1-4H3,(H2,25,26). The molecule has 3 rings (SSSR count). The lowest BCUT2D eigenvalue weighted by Crippen LogP contribution is -2.04. The molecular weight excluding hydrogens is 366 g/mol. The molecule has 6 heteroatoms. The van der Waals surface area contributed by atoms with Crippen LogP contribution in [0.15, 0.2) is 42.5 Å². The van der Waals surface area contributed by atoms with Gasteiger partial charge in [-0.1, -0.05) is 18.2 Å². The average Bonchev–Trinajstić information content (AvgIpc) is 2.74. The van der Waals surface area contributed by atoms with E-state index in [1.807, 2.05) is 56.3 Å². The van der Waals surface area contributed by atoms with E-state index in [-0.39, 0.29) is 5.82 Å². The summed E-state index contributed by atoms with van der Waals surface area (Å²) in [6.45, 7) is 4.32. The zero-order valence-electron chi connectivity index (χ0n) is 16.9. The molecule has 0 bridgehead atoms. The van der Waals surface area contributed by atoms with Crippen molar-refractivity contribution in [3.63, 3.8) is 0 Å². The second kappa shape index (κ2) is 8.53. The van der Waals surface area contributed by atoms with Crippen LogP contribution in [0.2, 0.25) is 0 Å². The number of anilines is 1. The summed E-state index contributed by atoms with van der Waals surface area (Å²) in [6.07, 6.45) is 0. The van der Waals surface area contributed by atoms with Gasteiger partial charge in [-0.25, -0.2) is 4.98 Å². The Labute approximate surface area is 170 Å². The first-order chi connectivity index (χ1) is 14.0. The third kappa shape index (κ3) is 3.81. The Balaban J connectivity index is 2.31. The van der Waals surface area contributed by atoms with E-state index in [1.165, 1.54) is 0 Å². The Morgan fingerprint density at radius 2 is 1.66 bits per heavy atom. The number of nitrogens with zero attached hydrogens (tertiary/aromatic N) is 2. The van der Waals surface area contributed by atoms with Gasteiger partial charge in [0.2, 0.25) is 0 Å². The van der Waals surface area contributed by atoms with Crippen LogP contribution in [0.3, 0.4) is 0 Å². The van der Waals surface area contributed by atoms with Gasteiger partial charge in [0.25, 0.3) is 0 Å². The number of pyridine rings is 1. The molecule has 0 aliphatic rings. The van der Waals surface area contributed by atoms with Gasteiger partial charge in [0, 0.05) is 16.8 Å². The maximum Gasteiger partial charge on any atom is 0.161 e. The largest absolute Gasteiger partial charge is 0.497 e. The van der Waals surface area contributed by atoms with E-state index in [0.29, 0.717) is 29.2 Å². The molecule has 3 aromatic rings. The molecule has 0 amide bonds. The quantitative estimate of drug-likeness (QED) is 0.663. The van der Waals surface area contributed by atoms with Crippen LogP contribution in [0.1, 0.15) is 18.2 Å². The number of nitriles is 1. The van der Waals surface area contributed by atoms with E-state index in [9.17, 15) is 5.26 Å². The number of ether oxygens (including phenoxy) is 3. The van der Waals surface area contributed by atoms with Crippen LogP contribution in [-0.4, -0.2) is 25.8 Å². The smallest absolute Gasteiger partial charge is 0.161 e. The van der Waals surface area contributed by atoms with Crippen molar-refractivity contribution in [3.8, 4) is 45.6 Å². The van der Waals surface area contributed by atoms with E-state index < -0.39 is 0 Å². The van der Waals surface area contributed by atoms with Crippen molar-refractivity contribution in [2.75, 3.05) is 26.6 Å². The van der Waals surface area contributed by atoms with E-state index >= 15 is 0 Å². The number of hydrogen-bond acceptors (Lipinski definition) is 6. The summed E-state index contributed by atoms with van der Waals surface area (Å²) < 4.78 is 16.4. The maximum atomic E-state index is 9.82. The van der Waals surface area contributed by atoms with Crippen molar-refractivity contribution in [1.82, 2.24) is 4.98 Å². The molecule has 0 spiro atoms. The lowest BCUT2D eigenvalue weighted by Gasteiger charge is -2.18. The van der Waals surface area contributed by atoms with Gasteiger partial charge in [-0.15, -0.1) is 0 Å². The van der Waals surface area contributed by atoms with E-state index in [2.05, 4.69) is 11.1 Å². The zero-order chi connectivity index (χ0) is 21.0. The molecule has 0 unspecified atom stereocenters. The number of nitrogens with two attached hydrogens (primary N) is 1. The Morgan fingerprint density at radius 3 is 2.24 bits per heavy atom. The molecule has 0 atom stereocenters. The molecule has 0 aliphatic heterocycles. The number of rotatable bonds is 6. The van der Waals surface area contributed by atoms with Crippen molar-refractivity contribution < 1.29 is 14.2 Å². The summed E-state index contributed by atoms with van der Waals surface area (Å²) in [6, 6.07) is 15.4. The highest BCUT2D eigenvalue weighted by molar-refractivity contribution is 5.91. The fourth-order valence-corrected chi connectivity index (χ4v) is 3.34. The van der Waals surface area contributed by atoms with Crippen molar-refractivity contribution in [1.29, 1.82) is 5.26 Å². The van der Waals surface area contributed by atoms with Gasteiger partial charge in [-0.2, -0.15) is 5.26 Å². The molecule has 1 heterocycles. The fraction of sp³-hybridized carbons (Fsp3) is 0.217. The highest BCUT2D eigenvalue weighted by Gasteiger charge is 2.21. The molecule has 2 aromatic carbocycles. The predicted octanol–water partition coefficient (Wildman–Crippen LogP) is 4.59. The molecule has 0 saturated carbocycles. The summed E-state index contributed by atoms with van der Waals surface area (Å²) in [4.78, 5) is 4.41. The monoisotopic (exact) mass is 389 g/mol. The van der Waals surface area contributed by atoms with Gasteiger partial charge in [-0.05, 0) is 49.2 Å². The fourth-order valence-electron chi connectivity index (χ4n) is 3.34. The van der Waals surface area contributed by atoms with Gasteiger partial charge < -0.3 is 19.9 Å². The predicted molar refractivity (Wildman–Crippen MR) is 113 cm³/mol. The zero-order valence-corrected chi connectivity index (χ0v) is 16.9. The minimum absolute atomic E-state index is 0.199. The van der Waals surface area contributed by atoms with Gasteiger partial charge in [0.15, 0.2) is 11.5 Å². The number of benzene rings is 2. The van der Waals surface area contributed by atoms with Crippen LogP contribution in [0, 0.1) is 18.3 Å². The lowest BCUT2D eigenvalue weighted by molar-refractivity contribution is 0.311. The lowest BCUT2D eigenvalue weighted by atomic mass is 9.90. The maximum absolute atomic E-state index is 9.82. The Kier molecular flexibility index (Phi) is 5.89. The first-order valence-corrected chi connectivity index (χ1v) is 9.19. The van der Waals surface area contributed by atoms with E-state index in [1.54, 1.807) is 14.2 Å². The average molecular weight is 389 g/mol. The summed E-state index contributed by atoms with van der Waals surface area (Å²) in [7, 11) is 3.21. The minimum atomic E-state index is 0.199. The Morgan fingerprint density at radius 1 is 0.966 bits per heavy atom. The number of aryl methyl sites for hydroxylation is 1. The topological polar surface area (TPSA) is 90.4 Å². The van der Waals surface area contributed by atoms with E-state index in [0.717, 1.165) is 28.1 Å². The third-order valence-electron chi connectivity index (χ3n) is 4.65. The van der Waals surface area contributed by atoms with Crippen LogP contribution in [-0.2, 0) is 0 Å². The Hall–Kier alpha value is -3.72. The molecule has 148 valence electrons. The first-order valence-electron chi connectivity index (χ1n) is 9.19. The van der Waals surface area contributed by atoms with Crippen molar-refractivity contribution in [2.24, 2.45) is 0 Å². The first kappa shape index (κ1) is 20.0. The van der Waals surface area contributed by atoms with Gasteiger partial charge in [-0.3, -0.25) is 0 Å². The molecule has 0 aliphatic carbocycles. The molecular formula is C23H23N3O3. The third-order valence-corrected chi connectivity index (χ3v) is 4.65. The number of methoxy groups -OCH3 is 2. The van der Waals surface area contributed by atoms with E-state index in [4.69, 9.17) is 19.9 Å². The summed E-state index contributed by atoms with van der Waals surface area (Å²) in [5, 5.41) is 9.82. The SMILES string of the molecule is CCOc1ccc(-c2c(C#N)c(N)nc(C)c2-c2ccc(OC)cc2)cc1OC. The second-order valence-electron chi connectivity index (χ2n) is 6.35. The van der Waals surface area contributed by atoms with Crippen molar-refractivity contribution in [2.45, 2.75) is 13.8 Å². The summed E-state index contributed by atoms with van der Waals surface area (Å²) >= 11 is 0. The van der Waals surface area contributed by atoms with Crippen molar-refractivity contribution >= 4 is 5.82 Å². The van der Waals surface area contributed by atoms with Crippen LogP contribution < -0.4 is 19.9 Å². The summed E-state index contributed by atoms with van der Waals surface area (Å²) in [5.74, 6) is 2.17.